The monoisotopic (exact) mass is 254 g/mol. The van der Waals surface area contributed by atoms with Gasteiger partial charge in [-0.05, 0) is 30.9 Å². The molecule has 2 aromatic rings. The van der Waals surface area contributed by atoms with Gasteiger partial charge < -0.3 is 4.57 Å². The molecule has 16 heavy (non-hydrogen) atoms. The molecule has 0 atom stereocenters. The van der Waals surface area contributed by atoms with Crippen molar-refractivity contribution in [3.05, 3.63) is 28.6 Å². The van der Waals surface area contributed by atoms with Crippen molar-refractivity contribution in [2.75, 3.05) is 0 Å². The summed E-state index contributed by atoms with van der Waals surface area (Å²) >= 11 is 12.0. The van der Waals surface area contributed by atoms with Gasteiger partial charge in [0.15, 0.2) is 0 Å². The van der Waals surface area contributed by atoms with Crippen LogP contribution >= 0.6 is 23.2 Å². The summed E-state index contributed by atoms with van der Waals surface area (Å²) in [7, 11) is 0. The molecule has 2 aromatic heterocycles. The molecule has 1 aliphatic rings. The van der Waals surface area contributed by atoms with Crippen LogP contribution in [-0.4, -0.2) is 9.55 Å². The van der Waals surface area contributed by atoms with E-state index >= 15 is 0 Å². The number of fused-ring (bicyclic) bond motifs is 1. The molecule has 0 aliphatic heterocycles. The summed E-state index contributed by atoms with van der Waals surface area (Å²) in [6, 6.07) is 3.90. The fourth-order valence-electron chi connectivity index (χ4n) is 2.23. The molecule has 3 rings (SSSR count). The Morgan fingerprint density at radius 1 is 1.38 bits per heavy atom. The summed E-state index contributed by atoms with van der Waals surface area (Å²) in [5, 5.41) is 1.95. The standard InChI is InChI=1S/C12H12Cl2N2/c13-11-6-10-9(12(14)15-11)4-5-16(10)7-8-2-1-3-8/h4-6,8H,1-3,7H2. The molecule has 4 heteroatoms. The van der Waals surface area contributed by atoms with Crippen molar-refractivity contribution in [2.45, 2.75) is 25.8 Å². The van der Waals surface area contributed by atoms with Crippen LogP contribution in [0.3, 0.4) is 0 Å². The molecule has 2 heterocycles. The summed E-state index contributed by atoms with van der Waals surface area (Å²) in [6.07, 6.45) is 6.12. The van der Waals surface area contributed by atoms with Gasteiger partial charge in [-0.2, -0.15) is 0 Å². The average molecular weight is 255 g/mol. The first kappa shape index (κ1) is 10.4. The number of pyridine rings is 1. The summed E-state index contributed by atoms with van der Waals surface area (Å²) in [4.78, 5) is 4.05. The first-order chi connectivity index (χ1) is 7.74. The summed E-state index contributed by atoms with van der Waals surface area (Å²) < 4.78 is 2.23. The number of hydrogen-bond donors (Lipinski definition) is 0. The second kappa shape index (κ2) is 3.94. The molecule has 0 bridgehead atoms. The molecule has 0 radical (unpaired) electrons. The van der Waals surface area contributed by atoms with Crippen molar-refractivity contribution in [1.82, 2.24) is 9.55 Å². The van der Waals surface area contributed by atoms with Crippen LogP contribution in [0.15, 0.2) is 18.3 Å². The predicted octanol–water partition coefficient (Wildman–Crippen LogP) is 4.14. The zero-order chi connectivity index (χ0) is 11.1. The van der Waals surface area contributed by atoms with Gasteiger partial charge in [0.05, 0.1) is 5.52 Å². The van der Waals surface area contributed by atoms with Crippen LogP contribution < -0.4 is 0 Å². The van der Waals surface area contributed by atoms with E-state index in [1.54, 1.807) is 0 Å². The molecular weight excluding hydrogens is 243 g/mol. The summed E-state index contributed by atoms with van der Waals surface area (Å²) in [5.41, 5.74) is 1.09. The Labute approximate surface area is 104 Å². The van der Waals surface area contributed by atoms with Crippen molar-refractivity contribution in [3.63, 3.8) is 0 Å². The molecule has 0 unspecified atom stereocenters. The Morgan fingerprint density at radius 3 is 2.88 bits per heavy atom. The smallest absolute Gasteiger partial charge is 0.140 e. The van der Waals surface area contributed by atoms with Crippen LogP contribution in [-0.2, 0) is 6.54 Å². The lowest BCUT2D eigenvalue weighted by molar-refractivity contribution is 0.280. The molecule has 84 valence electrons. The Bertz CT molecular complexity index is 529. The van der Waals surface area contributed by atoms with Crippen LogP contribution in [0, 0.1) is 5.92 Å². The third-order valence-electron chi connectivity index (χ3n) is 3.37. The highest BCUT2D eigenvalue weighted by atomic mass is 35.5. The van der Waals surface area contributed by atoms with E-state index in [4.69, 9.17) is 23.2 Å². The summed E-state index contributed by atoms with van der Waals surface area (Å²) in [6.45, 7) is 1.07. The molecule has 0 spiro atoms. The van der Waals surface area contributed by atoms with Crippen molar-refractivity contribution in [2.24, 2.45) is 5.92 Å². The van der Waals surface area contributed by atoms with E-state index in [1.807, 2.05) is 12.1 Å². The lowest BCUT2D eigenvalue weighted by atomic mass is 9.85. The minimum atomic E-state index is 0.464. The molecule has 1 saturated carbocycles. The molecule has 1 fully saturated rings. The SMILES string of the molecule is Clc1cc2c(ccn2CC2CCC2)c(Cl)n1. The maximum absolute atomic E-state index is 6.05. The van der Waals surface area contributed by atoms with Crippen LogP contribution in [0.5, 0.6) is 0 Å². The maximum atomic E-state index is 6.05. The normalized spacial score (nSPS) is 16.6. The van der Waals surface area contributed by atoms with E-state index in [2.05, 4.69) is 15.7 Å². The minimum Gasteiger partial charge on any atom is -0.347 e. The van der Waals surface area contributed by atoms with Crippen molar-refractivity contribution < 1.29 is 0 Å². The molecular formula is C12H12Cl2N2. The van der Waals surface area contributed by atoms with Crippen LogP contribution in [0.4, 0.5) is 0 Å². The Kier molecular flexibility index (Phi) is 2.56. The molecule has 0 amide bonds. The minimum absolute atomic E-state index is 0.464. The third kappa shape index (κ3) is 1.70. The highest BCUT2D eigenvalue weighted by Gasteiger charge is 2.18. The number of aromatic nitrogens is 2. The number of nitrogens with zero attached hydrogens (tertiary/aromatic N) is 2. The van der Waals surface area contributed by atoms with Gasteiger partial charge in [-0.1, -0.05) is 29.6 Å². The fraction of sp³-hybridized carbons (Fsp3) is 0.417. The van der Waals surface area contributed by atoms with E-state index in [0.29, 0.717) is 10.3 Å². The van der Waals surface area contributed by atoms with Crippen molar-refractivity contribution >= 4 is 34.1 Å². The highest BCUT2D eigenvalue weighted by Crippen LogP contribution is 2.31. The molecule has 2 nitrogen and oxygen atoms in total. The van der Waals surface area contributed by atoms with Gasteiger partial charge in [0.25, 0.3) is 0 Å². The van der Waals surface area contributed by atoms with Gasteiger partial charge in [-0.3, -0.25) is 0 Å². The van der Waals surface area contributed by atoms with Gasteiger partial charge in [0.1, 0.15) is 10.3 Å². The first-order valence-electron chi connectivity index (χ1n) is 5.55. The third-order valence-corrected chi connectivity index (χ3v) is 3.85. The number of rotatable bonds is 2. The van der Waals surface area contributed by atoms with Gasteiger partial charge in [0, 0.05) is 18.1 Å². The van der Waals surface area contributed by atoms with E-state index in [9.17, 15) is 0 Å². The summed E-state index contributed by atoms with van der Waals surface area (Å²) in [5.74, 6) is 0.821. The lowest BCUT2D eigenvalue weighted by Gasteiger charge is -2.26. The fourth-order valence-corrected chi connectivity index (χ4v) is 2.71. The number of halogens is 2. The van der Waals surface area contributed by atoms with E-state index in [0.717, 1.165) is 23.4 Å². The predicted molar refractivity (Wildman–Crippen MR) is 67.1 cm³/mol. The molecule has 0 aromatic carbocycles. The van der Waals surface area contributed by atoms with Crippen molar-refractivity contribution in [3.8, 4) is 0 Å². The van der Waals surface area contributed by atoms with E-state index in [-0.39, 0.29) is 0 Å². The second-order valence-electron chi connectivity index (χ2n) is 4.43. The second-order valence-corrected chi connectivity index (χ2v) is 5.18. The topological polar surface area (TPSA) is 17.8 Å². The number of hydrogen-bond acceptors (Lipinski definition) is 1. The quantitative estimate of drug-likeness (QED) is 0.737. The largest absolute Gasteiger partial charge is 0.347 e. The van der Waals surface area contributed by atoms with E-state index in [1.165, 1.54) is 19.3 Å². The Morgan fingerprint density at radius 2 is 2.19 bits per heavy atom. The van der Waals surface area contributed by atoms with Crippen LogP contribution in [0.25, 0.3) is 10.9 Å². The average Bonchev–Trinajstić information content (AvgIpc) is 2.55. The molecule has 1 aliphatic carbocycles. The molecule has 0 N–H and O–H groups in total. The van der Waals surface area contributed by atoms with Gasteiger partial charge in [-0.15, -0.1) is 0 Å². The Hall–Kier alpha value is -0.730. The molecule has 0 saturated heterocycles. The zero-order valence-corrected chi connectivity index (χ0v) is 10.3. The maximum Gasteiger partial charge on any atom is 0.140 e. The Balaban J connectivity index is 2.04. The highest BCUT2D eigenvalue weighted by molar-refractivity contribution is 6.36. The van der Waals surface area contributed by atoms with E-state index < -0.39 is 0 Å². The van der Waals surface area contributed by atoms with Crippen LogP contribution in [0.1, 0.15) is 19.3 Å². The zero-order valence-electron chi connectivity index (χ0n) is 8.79. The van der Waals surface area contributed by atoms with Gasteiger partial charge >= 0.3 is 0 Å². The van der Waals surface area contributed by atoms with Gasteiger partial charge in [0.2, 0.25) is 0 Å². The first-order valence-corrected chi connectivity index (χ1v) is 6.30. The van der Waals surface area contributed by atoms with Gasteiger partial charge in [-0.25, -0.2) is 4.98 Å². The van der Waals surface area contributed by atoms with Crippen LogP contribution in [0.2, 0.25) is 10.3 Å². The lowest BCUT2D eigenvalue weighted by Crippen LogP contribution is -2.17. The van der Waals surface area contributed by atoms with Crippen molar-refractivity contribution in [1.29, 1.82) is 0 Å².